The van der Waals surface area contributed by atoms with E-state index in [9.17, 15) is 0 Å². The van der Waals surface area contributed by atoms with Crippen molar-refractivity contribution in [1.82, 2.24) is 20.2 Å². The maximum atomic E-state index is 5.99. The zero-order chi connectivity index (χ0) is 13.4. The van der Waals surface area contributed by atoms with Crippen LogP contribution < -0.4 is 5.73 Å². The molecule has 2 aromatic heterocycles. The molecular formula is C13H13N5S. The van der Waals surface area contributed by atoms with Crippen LogP contribution in [0.15, 0.2) is 34.4 Å². The minimum absolute atomic E-state index is 0.707. The van der Waals surface area contributed by atoms with Gasteiger partial charge in [0.1, 0.15) is 5.82 Å². The largest absolute Gasteiger partial charge is 0.398 e. The van der Waals surface area contributed by atoms with Crippen molar-refractivity contribution in [2.75, 3.05) is 5.73 Å². The third-order valence-electron chi connectivity index (χ3n) is 2.81. The highest BCUT2D eigenvalue weighted by Gasteiger charge is 2.09. The standard InChI is InChI=1S/C13H13N5S/c1-7-5-9-10(6-15-7)11(14)3-4-12(9)19-13-16-8(2)17-18-13/h3-6H,14H2,1-2H3,(H,16,17,18). The summed E-state index contributed by atoms with van der Waals surface area (Å²) in [7, 11) is 0. The molecule has 0 aliphatic rings. The van der Waals surface area contributed by atoms with E-state index in [0.29, 0.717) is 5.16 Å². The van der Waals surface area contributed by atoms with E-state index in [4.69, 9.17) is 5.73 Å². The lowest BCUT2D eigenvalue weighted by Gasteiger charge is -2.07. The maximum absolute atomic E-state index is 5.99. The van der Waals surface area contributed by atoms with Gasteiger partial charge in [0.2, 0.25) is 5.16 Å². The summed E-state index contributed by atoms with van der Waals surface area (Å²) < 4.78 is 0. The molecule has 3 aromatic rings. The number of nitrogen functional groups attached to an aromatic ring is 1. The summed E-state index contributed by atoms with van der Waals surface area (Å²) in [5, 5.41) is 9.73. The van der Waals surface area contributed by atoms with Crippen LogP contribution in [0.4, 0.5) is 5.69 Å². The topological polar surface area (TPSA) is 80.5 Å². The molecule has 0 bridgehead atoms. The summed E-state index contributed by atoms with van der Waals surface area (Å²) in [6.07, 6.45) is 1.81. The van der Waals surface area contributed by atoms with Crippen LogP contribution in [-0.2, 0) is 0 Å². The van der Waals surface area contributed by atoms with Gasteiger partial charge in [0.15, 0.2) is 0 Å². The molecule has 0 spiro atoms. The van der Waals surface area contributed by atoms with E-state index in [-0.39, 0.29) is 0 Å². The summed E-state index contributed by atoms with van der Waals surface area (Å²) in [5.74, 6) is 0.806. The Bertz CT molecular complexity index is 750. The molecule has 0 aliphatic carbocycles. The third kappa shape index (κ3) is 2.26. The molecule has 0 unspecified atom stereocenters. The van der Waals surface area contributed by atoms with Crippen molar-refractivity contribution in [3.05, 3.63) is 35.9 Å². The van der Waals surface area contributed by atoms with Gasteiger partial charge in [-0.2, -0.15) is 0 Å². The van der Waals surface area contributed by atoms with Gasteiger partial charge in [0.25, 0.3) is 0 Å². The highest BCUT2D eigenvalue weighted by atomic mass is 32.2. The molecule has 3 rings (SSSR count). The summed E-state index contributed by atoms with van der Waals surface area (Å²) >= 11 is 1.52. The number of H-pyrrole nitrogens is 1. The average molecular weight is 271 g/mol. The molecule has 0 atom stereocenters. The molecule has 0 radical (unpaired) electrons. The molecule has 0 fully saturated rings. The minimum atomic E-state index is 0.707. The lowest BCUT2D eigenvalue weighted by molar-refractivity contribution is 0.970. The summed E-state index contributed by atoms with van der Waals surface area (Å²) in [4.78, 5) is 9.68. The molecule has 0 amide bonds. The van der Waals surface area contributed by atoms with Gasteiger partial charge in [-0.1, -0.05) is 0 Å². The molecular weight excluding hydrogens is 258 g/mol. The fourth-order valence-electron chi connectivity index (χ4n) is 1.89. The number of benzene rings is 1. The van der Waals surface area contributed by atoms with Crippen molar-refractivity contribution in [2.45, 2.75) is 23.9 Å². The van der Waals surface area contributed by atoms with E-state index in [1.165, 1.54) is 11.8 Å². The molecule has 96 valence electrons. The Hall–Kier alpha value is -2.08. The van der Waals surface area contributed by atoms with E-state index in [2.05, 4.69) is 20.2 Å². The number of aromatic nitrogens is 4. The van der Waals surface area contributed by atoms with Crippen LogP contribution in [0, 0.1) is 13.8 Å². The lowest BCUT2D eigenvalue weighted by Crippen LogP contribution is -1.91. The number of pyridine rings is 1. The van der Waals surface area contributed by atoms with Crippen molar-refractivity contribution in [2.24, 2.45) is 0 Å². The van der Waals surface area contributed by atoms with Gasteiger partial charge in [-0.3, -0.25) is 10.1 Å². The molecule has 19 heavy (non-hydrogen) atoms. The van der Waals surface area contributed by atoms with E-state index < -0.39 is 0 Å². The number of nitrogens with two attached hydrogens (primary N) is 1. The second-order valence-electron chi connectivity index (χ2n) is 4.33. The van der Waals surface area contributed by atoms with Crippen molar-refractivity contribution in [3.8, 4) is 0 Å². The van der Waals surface area contributed by atoms with E-state index >= 15 is 0 Å². The Morgan fingerprint density at radius 1 is 1.21 bits per heavy atom. The van der Waals surface area contributed by atoms with Crippen LogP contribution in [-0.4, -0.2) is 20.2 Å². The van der Waals surface area contributed by atoms with Gasteiger partial charge >= 0.3 is 0 Å². The van der Waals surface area contributed by atoms with Gasteiger partial charge in [-0.25, -0.2) is 4.98 Å². The number of fused-ring (bicyclic) bond motifs is 1. The first kappa shape index (κ1) is 12.0. The van der Waals surface area contributed by atoms with Crippen LogP contribution in [0.5, 0.6) is 0 Å². The van der Waals surface area contributed by atoms with Crippen molar-refractivity contribution >= 4 is 28.2 Å². The zero-order valence-corrected chi connectivity index (χ0v) is 11.5. The van der Waals surface area contributed by atoms with Gasteiger partial charge < -0.3 is 5.73 Å². The van der Waals surface area contributed by atoms with Gasteiger partial charge in [-0.15, -0.1) is 5.10 Å². The van der Waals surface area contributed by atoms with Crippen molar-refractivity contribution < 1.29 is 0 Å². The monoisotopic (exact) mass is 271 g/mol. The number of aromatic amines is 1. The van der Waals surface area contributed by atoms with Crippen LogP contribution in [0.1, 0.15) is 11.5 Å². The molecule has 6 heteroatoms. The Kier molecular flexibility index (Phi) is 2.87. The van der Waals surface area contributed by atoms with E-state index in [1.807, 2.05) is 38.2 Å². The van der Waals surface area contributed by atoms with Crippen LogP contribution in [0.3, 0.4) is 0 Å². The number of nitrogens with one attached hydrogen (secondary N) is 1. The summed E-state index contributed by atoms with van der Waals surface area (Å²) in [6, 6.07) is 5.92. The SMILES string of the molecule is Cc1cc2c(Sc3n[nH]c(C)n3)ccc(N)c2cn1. The average Bonchev–Trinajstić information content (AvgIpc) is 2.78. The molecule has 3 N–H and O–H groups in total. The van der Waals surface area contributed by atoms with Crippen LogP contribution in [0.25, 0.3) is 10.8 Å². The highest BCUT2D eigenvalue weighted by molar-refractivity contribution is 7.99. The van der Waals surface area contributed by atoms with Gasteiger partial charge in [-0.05, 0) is 43.8 Å². The first-order valence-corrected chi connectivity index (χ1v) is 6.67. The normalized spacial score (nSPS) is 11.1. The van der Waals surface area contributed by atoms with Crippen LogP contribution >= 0.6 is 11.8 Å². The Morgan fingerprint density at radius 3 is 2.79 bits per heavy atom. The molecule has 0 aliphatic heterocycles. The van der Waals surface area contributed by atoms with Gasteiger partial charge in [0, 0.05) is 33.2 Å². The first-order valence-electron chi connectivity index (χ1n) is 5.85. The highest BCUT2D eigenvalue weighted by Crippen LogP contribution is 2.34. The fraction of sp³-hybridized carbons (Fsp3) is 0.154. The van der Waals surface area contributed by atoms with E-state index in [0.717, 1.165) is 32.9 Å². The number of aryl methyl sites for hydroxylation is 2. The molecule has 2 heterocycles. The van der Waals surface area contributed by atoms with Crippen molar-refractivity contribution in [3.63, 3.8) is 0 Å². The third-order valence-corrected chi connectivity index (χ3v) is 3.75. The predicted molar refractivity (Wildman–Crippen MR) is 76.1 cm³/mol. The number of rotatable bonds is 2. The Morgan fingerprint density at radius 2 is 2.05 bits per heavy atom. The lowest BCUT2D eigenvalue weighted by atomic mass is 10.1. The number of hydrogen-bond donors (Lipinski definition) is 2. The second kappa shape index (κ2) is 4.55. The molecule has 5 nitrogen and oxygen atoms in total. The molecule has 0 saturated heterocycles. The fourth-order valence-corrected chi connectivity index (χ4v) is 2.78. The second-order valence-corrected chi connectivity index (χ2v) is 5.34. The minimum Gasteiger partial charge on any atom is -0.398 e. The van der Waals surface area contributed by atoms with Gasteiger partial charge in [0.05, 0.1) is 0 Å². The Balaban J connectivity index is 2.13. The van der Waals surface area contributed by atoms with Crippen LogP contribution in [0.2, 0.25) is 0 Å². The smallest absolute Gasteiger partial charge is 0.213 e. The predicted octanol–water partition coefficient (Wildman–Crippen LogP) is 2.70. The van der Waals surface area contributed by atoms with Crippen molar-refractivity contribution in [1.29, 1.82) is 0 Å². The quantitative estimate of drug-likeness (QED) is 0.700. The molecule has 0 saturated carbocycles. The summed E-state index contributed by atoms with van der Waals surface area (Å²) in [6.45, 7) is 3.85. The van der Waals surface area contributed by atoms with E-state index in [1.54, 1.807) is 0 Å². The maximum Gasteiger partial charge on any atom is 0.213 e. The Labute approximate surface area is 114 Å². The number of anilines is 1. The first-order chi connectivity index (χ1) is 9.13. The number of hydrogen-bond acceptors (Lipinski definition) is 5. The number of nitrogens with zero attached hydrogens (tertiary/aromatic N) is 3. The molecule has 1 aromatic carbocycles. The summed E-state index contributed by atoms with van der Waals surface area (Å²) in [5.41, 5.74) is 7.68. The zero-order valence-electron chi connectivity index (χ0n) is 10.6.